The number of rotatable bonds is 5. The maximum absolute atomic E-state index is 5.72. The molecule has 0 spiro atoms. The summed E-state index contributed by atoms with van der Waals surface area (Å²) in [6, 6.07) is 1.91. The molecule has 0 aromatic carbocycles. The fraction of sp³-hybridized carbons (Fsp3) is 0.600. The molecule has 0 saturated heterocycles. The molecule has 14 heavy (non-hydrogen) atoms. The van der Waals surface area contributed by atoms with Crippen molar-refractivity contribution in [2.45, 2.75) is 25.6 Å². The first-order valence-electron chi connectivity index (χ1n) is 4.64. The number of alkyl halides is 1. The minimum atomic E-state index is 0.445. The molecule has 0 fully saturated rings. The van der Waals surface area contributed by atoms with E-state index in [0.717, 1.165) is 36.7 Å². The number of methoxy groups -OCH3 is 1. The summed E-state index contributed by atoms with van der Waals surface area (Å²) in [5.74, 6) is 1.30. The van der Waals surface area contributed by atoms with Crippen molar-refractivity contribution in [1.29, 1.82) is 0 Å². The average molecular weight is 215 g/mol. The second kappa shape index (κ2) is 5.94. The molecule has 3 nitrogen and oxygen atoms in total. The van der Waals surface area contributed by atoms with Crippen molar-refractivity contribution >= 4 is 11.6 Å². The van der Waals surface area contributed by atoms with Crippen LogP contribution < -0.4 is 0 Å². The number of hydrogen-bond acceptors (Lipinski definition) is 3. The van der Waals surface area contributed by atoms with Crippen LogP contribution in [-0.4, -0.2) is 23.7 Å². The first kappa shape index (κ1) is 11.4. The second-order valence-corrected chi connectivity index (χ2v) is 3.41. The number of aromatic nitrogens is 2. The van der Waals surface area contributed by atoms with Gasteiger partial charge in [0.15, 0.2) is 0 Å². The number of hydrogen-bond donors (Lipinski definition) is 0. The minimum Gasteiger partial charge on any atom is -0.385 e. The zero-order valence-corrected chi connectivity index (χ0v) is 9.34. The average Bonchev–Trinajstić information content (AvgIpc) is 2.17. The summed E-state index contributed by atoms with van der Waals surface area (Å²) in [4.78, 5) is 8.65. The summed E-state index contributed by atoms with van der Waals surface area (Å²) in [5.41, 5.74) is 1.87. The van der Waals surface area contributed by atoms with Crippen LogP contribution in [0.1, 0.15) is 23.6 Å². The second-order valence-electron chi connectivity index (χ2n) is 3.15. The molecule has 1 heterocycles. The van der Waals surface area contributed by atoms with E-state index in [0.29, 0.717) is 5.88 Å². The molecule has 4 heteroatoms. The van der Waals surface area contributed by atoms with Gasteiger partial charge in [-0.2, -0.15) is 0 Å². The van der Waals surface area contributed by atoms with Gasteiger partial charge >= 0.3 is 0 Å². The van der Waals surface area contributed by atoms with Crippen molar-refractivity contribution in [2.24, 2.45) is 0 Å². The zero-order valence-electron chi connectivity index (χ0n) is 8.59. The van der Waals surface area contributed by atoms with Crippen LogP contribution in [0.2, 0.25) is 0 Å². The van der Waals surface area contributed by atoms with Crippen LogP contribution >= 0.6 is 11.6 Å². The fourth-order valence-electron chi connectivity index (χ4n) is 1.25. The smallest absolute Gasteiger partial charge is 0.128 e. The van der Waals surface area contributed by atoms with E-state index in [-0.39, 0.29) is 0 Å². The summed E-state index contributed by atoms with van der Waals surface area (Å²) >= 11 is 5.72. The zero-order chi connectivity index (χ0) is 10.4. The van der Waals surface area contributed by atoms with Gasteiger partial charge in [-0.25, -0.2) is 9.97 Å². The molecule has 0 unspecified atom stereocenters. The maximum atomic E-state index is 5.72. The lowest BCUT2D eigenvalue weighted by atomic mass is 10.3. The van der Waals surface area contributed by atoms with E-state index >= 15 is 0 Å². The lowest BCUT2D eigenvalue weighted by Gasteiger charge is -2.03. The van der Waals surface area contributed by atoms with Crippen LogP contribution in [0.3, 0.4) is 0 Å². The first-order chi connectivity index (χ1) is 6.76. The Morgan fingerprint density at radius 1 is 1.43 bits per heavy atom. The minimum absolute atomic E-state index is 0.445. The van der Waals surface area contributed by atoms with Crippen LogP contribution in [-0.2, 0) is 17.0 Å². The van der Waals surface area contributed by atoms with Crippen LogP contribution in [0.15, 0.2) is 6.07 Å². The summed E-state index contributed by atoms with van der Waals surface area (Å²) < 4.78 is 4.97. The molecule has 1 rings (SSSR count). The molecule has 0 radical (unpaired) electrons. The van der Waals surface area contributed by atoms with Gasteiger partial charge in [-0.15, -0.1) is 11.6 Å². The largest absolute Gasteiger partial charge is 0.385 e. The van der Waals surface area contributed by atoms with Crippen molar-refractivity contribution in [3.05, 3.63) is 23.3 Å². The lowest BCUT2D eigenvalue weighted by Crippen LogP contribution is -2.02. The summed E-state index contributed by atoms with van der Waals surface area (Å²) in [6.45, 7) is 2.70. The van der Waals surface area contributed by atoms with Gasteiger partial charge in [0.25, 0.3) is 0 Å². The molecule has 0 aliphatic rings. The third-order valence-corrected chi connectivity index (χ3v) is 2.11. The molecule has 78 valence electrons. The van der Waals surface area contributed by atoms with Crippen molar-refractivity contribution in [2.75, 3.05) is 13.7 Å². The standard InChI is InChI=1S/C10H15ClN2O/c1-8-6-9(7-11)13-10(12-8)4-3-5-14-2/h6H,3-5,7H2,1-2H3. The van der Waals surface area contributed by atoms with Gasteiger partial charge in [-0.1, -0.05) is 0 Å². The third-order valence-electron chi connectivity index (χ3n) is 1.84. The Bertz CT molecular complexity index is 291. The maximum Gasteiger partial charge on any atom is 0.128 e. The number of halogens is 1. The number of aryl methyl sites for hydroxylation is 2. The van der Waals surface area contributed by atoms with E-state index in [1.165, 1.54) is 0 Å². The Morgan fingerprint density at radius 3 is 2.86 bits per heavy atom. The molecule has 0 bridgehead atoms. The van der Waals surface area contributed by atoms with E-state index in [2.05, 4.69) is 9.97 Å². The Hall–Kier alpha value is -0.670. The molecule has 1 aromatic rings. The summed E-state index contributed by atoms with van der Waals surface area (Å²) in [5, 5.41) is 0. The van der Waals surface area contributed by atoms with Gasteiger partial charge in [0.05, 0.1) is 11.6 Å². The number of nitrogens with zero attached hydrogens (tertiary/aromatic N) is 2. The predicted octanol–water partition coefficient (Wildman–Crippen LogP) is 2.10. The highest BCUT2D eigenvalue weighted by Gasteiger charge is 2.01. The highest BCUT2D eigenvalue weighted by atomic mass is 35.5. The molecular formula is C10H15ClN2O. The van der Waals surface area contributed by atoms with Gasteiger partial charge in [-0.3, -0.25) is 0 Å². The van der Waals surface area contributed by atoms with Crippen LogP contribution in [0.5, 0.6) is 0 Å². The van der Waals surface area contributed by atoms with E-state index in [4.69, 9.17) is 16.3 Å². The topological polar surface area (TPSA) is 35.0 Å². The summed E-state index contributed by atoms with van der Waals surface area (Å²) in [6.07, 6.45) is 1.79. The lowest BCUT2D eigenvalue weighted by molar-refractivity contribution is 0.194. The van der Waals surface area contributed by atoms with Crippen LogP contribution in [0, 0.1) is 6.92 Å². The van der Waals surface area contributed by atoms with Gasteiger partial charge < -0.3 is 4.74 Å². The van der Waals surface area contributed by atoms with Gasteiger partial charge in [0.1, 0.15) is 5.82 Å². The van der Waals surface area contributed by atoms with Crippen molar-refractivity contribution in [3.8, 4) is 0 Å². The van der Waals surface area contributed by atoms with Crippen LogP contribution in [0.4, 0.5) is 0 Å². The highest BCUT2D eigenvalue weighted by molar-refractivity contribution is 6.16. The van der Waals surface area contributed by atoms with Gasteiger partial charge in [-0.05, 0) is 19.4 Å². The van der Waals surface area contributed by atoms with E-state index < -0.39 is 0 Å². The van der Waals surface area contributed by atoms with Crippen molar-refractivity contribution < 1.29 is 4.74 Å². The third kappa shape index (κ3) is 3.60. The van der Waals surface area contributed by atoms with E-state index in [9.17, 15) is 0 Å². The normalized spacial score (nSPS) is 10.5. The number of ether oxygens (including phenoxy) is 1. The van der Waals surface area contributed by atoms with Crippen LogP contribution in [0.25, 0.3) is 0 Å². The fourth-order valence-corrected chi connectivity index (χ4v) is 1.39. The quantitative estimate of drug-likeness (QED) is 0.556. The molecule has 0 N–H and O–H groups in total. The summed E-state index contributed by atoms with van der Waals surface area (Å²) in [7, 11) is 1.70. The molecule has 0 atom stereocenters. The Labute approximate surface area is 89.5 Å². The molecule has 1 aromatic heterocycles. The first-order valence-corrected chi connectivity index (χ1v) is 5.18. The molecule has 0 saturated carbocycles. The Kier molecular flexibility index (Phi) is 4.84. The molecule has 0 aliphatic carbocycles. The van der Waals surface area contributed by atoms with Gasteiger partial charge in [0, 0.05) is 25.8 Å². The highest BCUT2D eigenvalue weighted by Crippen LogP contribution is 2.05. The Balaban J connectivity index is 2.62. The molecule has 0 aliphatic heterocycles. The van der Waals surface area contributed by atoms with Crippen molar-refractivity contribution in [3.63, 3.8) is 0 Å². The monoisotopic (exact) mass is 214 g/mol. The SMILES string of the molecule is COCCCc1nc(C)cc(CCl)n1. The molecular weight excluding hydrogens is 200 g/mol. The Morgan fingerprint density at radius 2 is 2.21 bits per heavy atom. The van der Waals surface area contributed by atoms with Crippen molar-refractivity contribution in [1.82, 2.24) is 9.97 Å². The van der Waals surface area contributed by atoms with Gasteiger partial charge in [0.2, 0.25) is 0 Å². The predicted molar refractivity (Wildman–Crippen MR) is 56.5 cm³/mol. The van der Waals surface area contributed by atoms with E-state index in [1.54, 1.807) is 7.11 Å². The van der Waals surface area contributed by atoms with E-state index in [1.807, 2.05) is 13.0 Å². The molecule has 0 amide bonds.